The Morgan fingerprint density at radius 3 is 2.90 bits per heavy atom. The largest absolute Gasteiger partial charge is 0.355 e. The molecule has 122 valence electrons. The summed E-state index contributed by atoms with van der Waals surface area (Å²) >= 11 is 1.72. The summed E-state index contributed by atoms with van der Waals surface area (Å²) in [6.07, 6.45) is 4.06. The number of likely N-dealkylation sites (tertiary alicyclic amines) is 1. The molecule has 0 saturated carbocycles. The fourth-order valence-electron chi connectivity index (χ4n) is 2.46. The van der Waals surface area contributed by atoms with E-state index in [0.717, 1.165) is 38.0 Å². The first-order chi connectivity index (χ1) is 10.1. The topological polar surface area (TPSA) is 75.4 Å². The van der Waals surface area contributed by atoms with Crippen LogP contribution >= 0.6 is 11.8 Å². The van der Waals surface area contributed by atoms with Crippen molar-refractivity contribution in [3.05, 3.63) is 0 Å². The number of unbranched alkanes of at least 4 members (excludes halogenated alkanes) is 1. The predicted octanol–water partition coefficient (Wildman–Crippen LogP) is 1.22. The van der Waals surface area contributed by atoms with E-state index in [2.05, 4.69) is 12.2 Å². The van der Waals surface area contributed by atoms with Crippen molar-refractivity contribution in [1.82, 2.24) is 10.2 Å². The van der Waals surface area contributed by atoms with Crippen LogP contribution in [0.4, 0.5) is 0 Å². The second-order valence-electron chi connectivity index (χ2n) is 5.57. The normalized spacial score (nSPS) is 20.1. The van der Waals surface area contributed by atoms with Crippen molar-refractivity contribution in [1.29, 1.82) is 0 Å². The van der Waals surface area contributed by atoms with Crippen molar-refractivity contribution in [2.24, 2.45) is 11.7 Å². The number of hydrogen-bond donors (Lipinski definition) is 2. The van der Waals surface area contributed by atoms with Gasteiger partial charge in [-0.1, -0.05) is 13.3 Å². The Labute approximate surface area is 132 Å². The molecule has 2 atom stereocenters. The zero-order valence-corrected chi connectivity index (χ0v) is 14.1. The summed E-state index contributed by atoms with van der Waals surface area (Å²) in [6, 6.07) is 0. The van der Waals surface area contributed by atoms with E-state index in [1.54, 1.807) is 11.8 Å². The van der Waals surface area contributed by atoms with Crippen LogP contribution in [0.1, 0.15) is 39.5 Å². The van der Waals surface area contributed by atoms with E-state index in [4.69, 9.17) is 5.73 Å². The molecule has 0 spiro atoms. The Bertz CT molecular complexity index is 339. The Morgan fingerprint density at radius 2 is 2.24 bits per heavy atom. The molecule has 1 saturated heterocycles. The van der Waals surface area contributed by atoms with Gasteiger partial charge in [-0.3, -0.25) is 9.59 Å². The Morgan fingerprint density at radius 1 is 1.48 bits per heavy atom. The molecule has 1 rings (SSSR count). The molecule has 6 heteroatoms. The summed E-state index contributed by atoms with van der Waals surface area (Å²) in [5, 5.41) is 2.81. The molecule has 0 aromatic heterocycles. The number of hydrogen-bond acceptors (Lipinski definition) is 4. The summed E-state index contributed by atoms with van der Waals surface area (Å²) in [7, 11) is 0. The fraction of sp³-hybridized carbons (Fsp3) is 0.867. The van der Waals surface area contributed by atoms with Crippen molar-refractivity contribution < 1.29 is 9.59 Å². The number of nitrogens with zero attached hydrogens (tertiary/aromatic N) is 1. The van der Waals surface area contributed by atoms with Crippen LogP contribution in [-0.4, -0.2) is 53.9 Å². The highest BCUT2D eigenvalue weighted by Gasteiger charge is 2.30. The maximum absolute atomic E-state index is 12.4. The maximum Gasteiger partial charge on any atom is 0.235 e. The van der Waals surface area contributed by atoms with Gasteiger partial charge in [0.15, 0.2) is 0 Å². The molecule has 0 aromatic carbocycles. The SMILES string of the molecule is CCCCSC(C)C(=O)N1CCCC(C(=O)NCCN)C1. The molecule has 1 aliphatic rings. The molecule has 5 nitrogen and oxygen atoms in total. The molecule has 1 heterocycles. The minimum absolute atomic E-state index is 0.0117. The number of nitrogens with two attached hydrogens (primary N) is 1. The zero-order chi connectivity index (χ0) is 15.7. The smallest absolute Gasteiger partial charge is 0.235 e. The molecular formula is C15H29N3O2S. The van der Waals surface area contributed by atoms with Gasteiger partial charge in [0.05, 0.1) is 11.2 Å². The van der Waals surface area contributed by atoms with Crippen molar-refractivity contribution in [3.63, 3.8) is 0 Å². The number of amides is 2. The third-order valence-corrected chi connectivity index (χ3v) is 4.99. The van der Waals surface area contributed by atoms with Crippen LogP contribution in [0.15, 0.2) is 0 Å². The highest BCUT2D eigenvalue weighted by atomic mass is 32.2. The molecule has 2 unspecified atom stereocenters. The van der Waals surface area contributed by atoms with E-state index in [9.17, 15) is 9.59 Å². The summed E-state index contributed by atoms with van der Waals surface area (Å²) in [6.45, 7) is 6.41. The lowest BCUT2D eigenvalue weighted by atomic mass is 9.97. The van der Waals surface area contributed by atoms with Crippen LogP contribution in [0.3, 0.4) is 0 Å². The van der Waals surface area contributed by atoms with E-state index in [1.165, 1.54) is 0 Å². The highest BCUT2D eigenvalue weighted by Crippen LogP contribution is 2.21. The van der Waals surface area contributed by atoms with E-state index < -0.39 is 0 Å². The average molecular weight is 315 g/mol. The van der Waals surface area contributed by atoms with E-state index in [1.807, 2.05) is 11.8 Å². The second kappa shape index (κ2) is 10.1. The van der Waals surface area contributed by atoms with Crippen LogP contribution in [-0.2, 0) is 9.59 Å². The quantitative estimate of drug-likeness (QED) is 0.661. The standard InChI is InChI=1S/C15H29N3O2S/c1-3-4-10-21-12(2)15(20)18-9-5-6-13(11-18)14(19)17-8-7-16/h12-13H,3-11,16H2,1-2H3,(H,17,19). The van der Waals surface area contributed by atoms with Gasteiger partial charge in [-0.05, 0) is 31.9 Å². The number of carbonyl (C=O) groups is 2. The first-order valence-electron chi connectivity index (χ1n) is 7.98. The Balaban J connectivity index is 2.43. The minimum Gasteiger partial charge on any atom is -0.355 e. The number of thioether (sulfide) groups is 1. The van der Waals surface area contributed by atoms with Gasteiger partial charge in [-0.2, -0.15) is 0 Å². The highest BCUT2D eigenvalue weighted by molar-refractivity contribution is 8.00. The monoisotopic (exact) mass is 315 g/mol. The van der Waals surface area contributed by atoms with Gasteiger partial charge in [0, 0.05) is 26.2 Å². The van der Waals surface area contributed by atoms with Crippen molar-refractivity contribution >= 4 is 23.6 Å². The van der Waals surface area contributed by atoms with E-state index in [-0.39, 0.29) is 23.0 Å². The number of nitrogens with one attached hydrogen (secondary N) is 1. The molecule has 0 aliphatic carbocycles. The maximum atomic E-state index is 12.4. The minimum atomic E-state index is -0.0814. The summed E-state index contributed by atoms with van der Waals surface area (Å²) in [5.41, 5.74) is 5.40. The van der Waals surface area contributed by atoms with Gasteiger partial charge in [-0.25, -0.2) is 0 Å². The molecule has 1 aliphatic heterocycles. The van der Waals surface area contributed by atoms with Crippen molar-refractivity contribution in [3.8, 4) is 0 Å². The molecule has 2 amide bonds. The van der Waals surface area contributed by atoms with Gasteiger partial charge in [0.2, 0.25) is 11.8 Å². The summed E-state index contributed by atoms with van der Waals surface area (Å²) < 4.78 is 0. The predicted molar refractivity (Wildman–Crippen MR) is 88.2 cm³/mol. The molecule has 0 bridgehead atoms. The molecular weight excluding hydrogens is 286 g/mol. The molecule has 1 fully saturated rings. The lowest BCUT2D eigenvalue weighted by Gasteiger charge is -2.33. The summed E-state index contributed by atoms with van der Waals surface area (Å²) in [4.78, 5) is 26.3. The molecule has 0 radical (unpaired) electrons. The average Bonchev–Trinajstić information content (AvgIpc) is 2.52. The fourth-order valence-corrected chi connectivity index (χ4v) is 3.56. The Hall–Kier alpha value is -0.750. The van der Waals surface area contributed by atoms with Crippen LogP contribution in [0, 0.1) is 5.92 Å². The van der Waals surface area contributed by atoms with Crippen LogP contribution in [0.2, 0.25) is 0 Å². The van der Waals surface area contributed by atoms with Gasteiger partial charge in [0.1, 0.15) is 0 Å². The third kappa shape index (κ3) is 6.26. The van der Waals surface area contributed by atoms with Gasteiger partial charge in [0.25, 0.3) is 0 Å². The van der Waals surface area contributed by atoms with Crippen LogP contribution < -0.4 is 11.1 Å². The molecule has 21 heavy (non-hydrogen) atoms. The van der Waals surface area contributed by atoms with Crippen molar-refractivity contribution in [2.75, 3.05) is 31.9 Å². The van der Waals surface area contributed by atoms with Gasteiger partial charge in [-0.15, -0.1) is 11.8 Å². The van der Waals surface area contributed by atoms with E-state index >= 15 is 0 Å². The van der Waals surface area contributed by atoms with Gasteiger partial charge < -0.3 is 16.0 Å². The van der Waals surface area contributed by atoms with Crippen LogP contribution in [0.25, 0.3) is 0 Å². The third-order valence-electron chi connectivity index (χ3n) is 3.76. The molecule has 0 aromatic rings. The first-order valence-corrected chi connectivity index (χ1v) is 9.03. The lowest BCUT2D eigenvalue weighted by molar-refractivity contribution is -0.135. The lowest BCUT2D eigenvalue weighted by Crippen LogP contribution is -2.48. The molecule has 3 N–H and O–H groups in total. The number of rotatable bonds is 8. The summed E-state index contributed by atoms with van der Waals surface area (Å²) in [5.74, 6) is 1.15. The number of piperidine rings is 1. The van der Waals surface area contributed by atoms with Crippen LogP contribution in [0.5, 0.6) is 0 Å². The van der Waals surface area contributed by atoms with Crippen molar-refractivity contribution in [2.45, 2.75) is 44.8 Å². The van der Waals surface area contributed by atoms with Gasteiger partial charge >= 0.3 is 0 Å². The first kappa shape index (κ1) is 18.3. The second-order valence-corrected chi connectivity index (χ2v) is 7.02. The number of carbonyl (C=O) groups excluding carboxylic acids is 2. The Kier molecular flexibility index (Phi) is 8.76. The zero-order valence-electron chi connectivity index (χ0n) is 13.3. The van der Waals surface area contributed by atoms with E-state index in [0.29, 0.717) is 19.6 Å².